The highest BCUT2D eigenvalue weighted by Crippen LogP contribution is 2.14. The number of aromatic nitrogens is 3. The predicted octanol–water partition coefficient (Wildman–Crippen LogP) is 1.85. The van der Waals surface area contributed by atoms with E-state index in [0.29, 0.717) is 6.54 Å². The van der Waals surface area contributed by atoms with Crippen LogP contribution in [0.1, 0.15) is 10.7 Å². The Balaban J connectivity index is 1.95. The van der Waals surface area contributed by atoms with Gasteiger partial charge in [0.15, 0.2) is 0 Å². The number of rotatable bonds is 3. The topological polar surface area (TPSA) is 50.7 Å². The molecule has 0 fully saturated rings. The number of anilines is 1. The zero-order chi connectivity index (χ0) is 9.80. The Morgan fingerprint density at radius 2 is 2.29 bits per heavy atom. The van der Waals surface area contributed by atoms with Gasteiger partial charge in [-0.15, -0.1) is 10.2 Å². The van der Waals surface area contributed by atoms with Crippen LogP contribution in [0.5, 0.6) is 0 Å². The average molecular weight is 206 g/mol. The van der Waals surface area contributed by atoms with Gasteiger partial charge in [0.25, 0.3) is 0 Å². The standard InChI is InChI=1S/C9H10N4S/c1-7-12-13-9(14-7)11-6-8-4-2-3-5-10-8/h2-5H,6H2,1H3,(H,11,13). The molecule has 0 aromatic carbocycles. The van der Waals surface area contributed by atoms with Gasteiger partial charge in [0.1, 0.15) is 5.01 Å². The first kappa shape index (κ1) is 9.08. The fraction of sp³-hybridized carbons (Fsp3) is 0.222. The van der Waals surface area contributed by atoms with Crippen LogP contribution in [-0.4, -0.2) is 15.2 Å². The zero-order valence-electron chi connectivity index (χ0n) is 7.77. The first-order valence-electron chi connectivity index (χ1n) is 4.28. The van der Waals surface area contributed by atoms with E-state index in [0.717, 1.165) is 15.8 Å². The van der Waals surface area contributed by atoms with Crippen molar-refractivity contribution in [1.82, 2.24) is 15.2 Å². The molecule has 2 rings (SSSR count). The van der Waals surface area contributed by atoms with E-state index >= 15 is 0 Å². The second-order valence-electron chi connectivity index (χ2n) is 2.80. The predicted molar refractivity (Wildman–Crippen MR) is 56.2 cm³/mol. The summed E-state index contributed by atoms with van der Waals surface area (Å²) in [5, 5.41) is 12.8. The second kappa shape index (κ2) is 4.15. The molecule has 0 saturated heterocycles. The summed E-state index contributed by atoms with van der Waals surface area (Å²) < 4.78 is 0. The fourth-order valence-corrected chi connectivity index (χ4v) is 1.62. The van der Waals surface area contributed by atoms with Crippen molar-refractivity contribution in [3.05, 3.63) is 35.1 Å². The molecule has 5 heteroatoms. The van der Waals surface area contributed by atoms with E-state index in [4.69, 9.17) is 0 Å². The minimum Gasteiger partial charge on any atom is -0.354 e. The Morgan fingerprint density at radius 3 is 2.93 bits per heavy atom. The summed E-state index contributed by atoms with van der Waals surface area (Å²) in [6.07, 6.45) is 1.78. The van der Waals surface area contributed by atoms with Crippen molar-refractivity contribution < 1.29 is 0 Å². The van der Waals surface area contributed by atoms with E-state index in [-0.39, 0.29) is 0 Å². The second-order valence-corrected chi connectivity index (χ2v) is 3.98. The molecule has 0 unspecified atom stereocenters. The summed E-state index contributed by atoms with van der Waals surface area (Å²) in [6.45, 7) is 2.62. The zero-order valence-corrected chi connectivity index (χ0v) is 8.58. The highest BCUT2D eigenvalue weighted by Gasteiger charge is 1.99. The van der Waals surface area contributed by atoms with Crippen LogP contribution in [0.3, 0.4) is 0 Å². The molecule has 0 aliphatic rings. The molecule has 0 saturated carbocycles. The number of hydrogen-bond donors (Lipinski definition) is 1. The van der Waals surface area contributed by atoms with E-state index in [1.807, 2.05) is 25.1 Å². The lowest BCUT2D eigenvalue weighted by atomic mass is 10.3. The van der Waals surface area contributed by atoms with Gasteiger partial charge < -0.3 is 5.32 Å². The molecule has 0 spiro atoms. The summed E-state index contributed by atoms with van der Waals surface area (Å²) in [6, 6.07) is 5.84. The van der Waals surface area contributed by atoms with E-state index in [1.54, 1.807) is 17.5 Å². The van der Waals surface area contributed by atoms with Gasteiger partial charge in [0.2, 0.25) is 5.13 Å². The third-order valence-corrected chi connectivity index (χ3v) is 2.47. The Hall–Kier alpha value is -1.49. The molecule has 0 aliphatic carbocycles. The van der Waals surface area contributed by atoms with E-state index in [2.05, 4.69) is 20.5 Å². The molecule has 2 aromatic heterocycles. The molecule has 0 amide bonds. The van der Waals surface area contributed by atoms with Gasteiger partial charge in [0.05, 0.1) is 12.2 Å². The first-order chi connectivity index (χ1) is 6.84. The maximum Gasteiger partial charge on any atom is 0.205 e. The molecular weight excluding hydrogens is 196 g/mol. The van der Waals surface area contributed by atoms with Crippen LogP contribution in [0.4, 0.5) is 5.13 Å². The number of nitrogens with one attached hydrogen (secondary N) is 1. The first-order valence-corrected chi connectivity index (χ1v) is 5.10. The van der Waals surface area contributed by atoms with Gasteiger partial charge in [-0.05, 0) is 19.1 Å². The maximum absolute atomic E-state index is 4.19. The molecule has 4 nitrogen and oxygen atoms in total. The van der Waals surface area contributed by atoms with Crippen molar-refractivity contribution in [3.8, 4) is 0 Å². The van der Waals surface area contributed by atoms with Crippen molar-refractivity contribution in [2.45, 2.75) is 13.5 Å². The van der Waals surface area contributed by atoms with Crippen molar-refractivity contribution in [2.75, 3.05) is 5.32 Å². The lowest BCUT2D eigenvalue weighted by molar-refractivity contribution is 0.999. The summed E-state index contributed by atoms with van der Waals surface area (Å²) in [7, 11) is 0. The van der Waals surface area contributed by atoms with Crippen LogP contribution in [0.2, 0.25) is 0 Å². The van der Waals surface area contributed by atoms with Gasteiger partial charge in [-0.25, -0.2) is 0 Å². The Labute approximate surface area is 86.0 Å². The van der Waals surface area contributed by atoms with Crippen molar-refractivity contribution in [3.63, 3.8) is 0 Å². The van der Waals surface area contributed by atoms with Crippen LogP contribution in [-0.2, 0) is 6.54 Å². The molecule has 14 heavy (non-hydrogen) atoms. The molecule has 2 aromatic rings. The minimum atomic E-state index is 0.690. The number of nitrogens with zero attached hydrogens (tertiary/aromatic N) is 3. The third kappa shape index (κ3) is 2.26. The molecule has 0 bridgehead atoms. The third-order valence-electron chi connectivity index (χ3n) is 1.67. The lowest BCUT2D eigenvalue weighted by Crippen LogP contribution is -2.00. The van der Waals surface area contributed by atoms with Gasteiger partial charge >= 0.3 is 0 Å². The van der Waals surface area contributed by atoms with Crippen LogP contribution in [0.25, 0.3) is 0 Å². The van der Waals surface area contributed by atoms with E-state index < -0.39 is 0 Å². The monoisotopic (exact) mass is 206 g/mol. The largest absolute Gasteiger partial charge is 0.354 e. The number of pyridine rings is 1. The van der Waals surface area contributed by atoms with Gasteiger partial charge in [0, 0.05) is 6.20 Å². The summed E-state index contributed by atoms with van der Waals surface area (Å²) >= 11 is 1.55. The summed E-state index contributed by atoms with van der Waals surface area (Å²) in [5.74, 6) is 0. The van der Waals surface area contributed by atoms with Crippen molar-refractivity contribution in [1.29, 1.82) is 0 Å². The van der Waals surface area contributed by atoms with E-state index in [9.17, 15) is 0 Å². The molecule has 72 valence electrons. The number of aryl methyl sites for hydroxylation is 1. The van der Waals surface area contributed by atoms with Crippen LogP contribution >= 0.6 is 11.3 Å². The van der Waals surface area contributed by atoms with E-state index in [1.165, 1.54) is 0 Å². The highest BCUT2D eigenvalue weighted by molar-refractivity contribution is 7.15. The molecule has 2 heterocycles. The molecule has 1 N–H and O–H groups in total. The molecular formula is C9H10N4S. The normalized spacial score (nSPS) is 10.1. The average Bonchev–Trinajstić information content (AvgIpc) is 2.63. The summed E-state index contributed by atoms with van der Waals surface area (Å²) in [4.78, 5) is 4.19. The molecule has 0 radical (unpaired) electrons. The Kier molecular flexibility index (Phi) is 2.69. The SMILES string of the molecule is Cc1nnc(NCc2ccccn2)s1. The van der Waals surface area contributed by atoms with Crippen molar-refractivity contribution >= 4 is 16.5 Å². The van der Waals surface area contributed by atoms with Gasteiger partial charge in [-0.1, -0.05) is 17.4 Å². The van der Waals surface area contributed by atoms with Crippen molar-refractivity contribution in [2.24, 2.45) is 0 Å². The molecule has 0 atom stereocenters. The van der Waals surface area contributed by atoms with Gasteiger partial charge in [-0.2, -0.15) is 0 Å². The van der Waals surface area contributed by atoms with Crippen LogP contribution < -0.4 is 5.32 Å². The van der Waals surface area contributed by atoms with Crippen LogP contribution in [0.15, 0.2) is 24.4 Å². The highest BCUT2D eigenvalue weighted by atomic mass is 32.1. The van der Waals surface area contributed by atoms with Gasteiger partial charge in [-0.3, -0.25) is 4.98 Å². The Morgan fingerprint density at radius 1 is 1.36 bits per heavy atom. The molecule has 0 aliphatic heterocycles. The lowest BCUT2D eigenvalue weighted by Gasteiger charge is -1.99. The fourth-order valence-electron chi connectivity index (χ4n) is 1.04. The maximum atomic E-state index is 4.19. The van der Waals surface area contributed by atoms with Crippen LogP contribution in [0, 0.1) is 6.92 Å². The summed E-state index contributed by atoms with van der Waals surface area (Å²) in [5.41, 5.74) is 1.00. The Bertz CT molecular complexity index is 398. The number of hydrogen-bond acceptors (Lipinski definition) is 5. The quantitative estimate of drug-likeness (QED) is 0.832. The minimum absolute atomic E-state index is 0.690. The smallest absolute Gasteiger partial charge is 0.205 e.